The van der Waals surface area contributed by atoms with Gasteiger partial charge in [-0.05, 0) is 12.1 Å². The third kappa shape index (κ3) is 2.07. The predicted octanol–water partition coefficient (Wildman–Crippen LogP) is -2.41. The van der Waals surface area contributed by atoms with Crippen LogP contribution in [-0.4, -0.2) is 21.8 Å². The van der Waals surface area contributed by atoms with Gasteiger partial charge in [0.25, 0.3) is 0 Å². The minimum Gasteiger partial charge on any atom is -0.543 e. The summed E-state index contributed by atoms with van der Waals surface area (Å²) in [5.74, 6) is -4.37. The quantitative estimate of drug-likeness (QED) is 0.324. The number of carbonyl (C=O) groups excluding carboxylic acids is 2. The fourth-order valence-corrected chi connectivity index (χ4v) is 1.23. The summed E-state index contributed by atoms with van der Waals surface area (Å²) in [7, 11) is 0. The molecule has 2 rings (SSSR count). The van der Waals surface area contributed by atoms with Gasteiger partial charge in [0.1, 0.15) is 0 Å². The van der Waals surface area contributed by atoms with Gasteiger partial charge in [-0.1, -0.05) is 0 Å². The Balaban J connectivity index is 0.000000232. The Morgan fingerprint density at radius 3 is 1.22 bits per heavy atom. The maximum atomic E-state index is 10.3. The Bertz CT molecular complexity index is 607. The van der Waals surface area contributed by atoms with Crippen LogP contribution in [0.2, 0.25) is 0 Å². The summed E-state index contributed by atoms with van der Waals surface area (Å²) in [5.41, 5.74) is -0.727. The number of carboxylic acid groups (broad SMARTS) is 2. The summed E-state index contributed by atoms with van der Waals surface area (Å²) >= 11 is 0. The molecule has 0 radical (unpaired) electrons. The second kappa shape index (κ2) is 4.45. The zero-order chi connectivity index (χ0) is 14.0. The average Bonchev–Trinajstić information content (AvgIpc) is 2.20. The van der Waals surface area contributed by atoms with Crippen LogP contribution in [0.5, 0.6) is 0 Å². The van der Waals surface area contributed by atoms with Crippen molar-refractivity contribution in [2.45, 2.75) is 0 Å². The lowest BCUT2D eigenvalue weighted by Crippen LogP contribution is -2.42. The first-order chi connectivity index (χ1) is 8.27. The van der Waals surface area contributed by atoms with Crippen molar-refractivity contribution in [2.75, 3.05) is 0 Å². The van der Waals surface area contributed by atoms with Gasteiger partial charge in [0, 0.05) is 0 Å². The van der Waals surface area contributed by atoms with E-state index in [9.17, 15) is 20.2 Å². The van der Waals surface area contributed by atoms with Gasteiger partial charge in [-0.3, -0.25) is 20.2 Å². The van der Waals surface area contributed by atoms with E-state index in [-0.39, 0.29) is 11.4 Å². The molecule has 0 saturated heterocycles. The molecule has 0 aliphatic heterocycles. The molecule has 0 atom stereocenters. The summed E-state index contributed by atoms with van der Waals surface area (Å²) in [6.45, 7) is 0. The molecule has 0 heterocycles. The number of nitro groups is 2. The van der Waals surface area contributed by atoms with Crippen LogP contribution in [0, 0.1) is 30.7 Å². The summed E-state index contributed by atoms with van der Waals surface area (Å²) < 4.78 is 0. The molecule has 0 bridgehead atoms. The highest BCUT2D eigenvalue weighted by atomic mass is 16.6. The van der Waals surface area contributed by atoms with Crippen molar-refractivity contribution in [1.82, 2.24) is 0 Å². The molecule has 0 saturated carbocycles. The number of nitrogens with zero attached hydrogens (tertiary/aromatic N) is 2. The monoisotopic (exact) mass is 254 g/mol. The molecule has 0 amide bonds. The number of nitro benzene ring substituents is 2. The van der Waals surface area contributed by atoms with E-state index in [2.05, 4.69) is 0 Å². The van der Waals surface area contributed by atoms with E-state index in [0.717, 1.165) is 0 Å². The topological polar surface area (TPSA) is 167 Å². The fraction of sp³-hybridized carbons (Fsp3) is 0. The van der Waals surface area contributed by atoms with E-state index >= 15 is 0 Å². The van der Waals surface area contributed by atoms with E-state index < -0.39 is 21.8 Å². The van der Waals surface area contributed by atoms with Crippen LogP contribution in [0.15, 0.2) is 12.1 Å². The Morgan fingerprint density at radius 2 is 1.11 bits per heavy atom. The average molecular weight is 254 g/mol. The molecule has 0 aromatic rings. The van der Waals surface area contributed by atoms with Gasteiger partial charge in [-0.2, -0.15) is 0 Å². The van der Waals surface area contributed by atoms with Gasteiger partial charge in [-0.25, -0.2) is 0 Å². The van der Waals surface area contributed by atoms with E-state index in [1.165, 1.54) is 12.1 Å². The molecule has 94 valence electrons. The third-order valence-corrected chi connectivity index (χ3v) is 1.97. The second-order valence-corrected chi connectivity index (χ2v) is 2.95. The van der Waals surface area contributed by atoms with Crippen molar-refractivity contribution in [3.63, 3.8) is 0 Å². The molecule has 0 N–H and O–H groups in total. The molecule has 0 unspecified atom stereocenters. The summed E-state index contributed by atoms with van der Waals surface area (Å²) in [6.07, 6.45) is 0. The molecule has 2 aliphatic rings. The minimum atomic E-state index is -2.19. The third-order valence-electron chi connectivity index (χ3n) is 1.97. The Kier molecular flexibility index (Phi) is 3.22. The van der Waals surface area contributed by atoms with Gasteiger partial charge in [-0.15, -0.1) is 0 Å². The molecule has 18 heavy (non-hydrogen) atoms. The zero-order valence-electron chi connectivity index (χ0n) is 8.32. The summed E-state index contributed by atoms with van der Waals surface area (Å²) in [5, 5.41) is 39.2. The SMILES string of the molecule is O=C([O-])C(=O)[O-].O=[N+]([O-])c1c([N+](=O)[O-])c2ccc1=2. The standard InChI is InChI=1S/C6H2N2O4.C2H2O4/c9-7(10)5-3-1-2-4(3)6(5)8(11)12;3-1(4)2(5)6/h1-2H;(H,3,4)(H,5,6)/p-2. The van der Waals surface area contributed by atoms with Crippen molar-refractivity contribution in [3.8, 4) is 0 Å². The van der Waals surface area contributed by atoms with Gasteiger partial charge in [0.2, 0.25) is 0 Å². The Hall–Kier alpha value is -3.04. The second-order valence-electron chi connectivity index (χ2n) is 2.95. The largest absolute Gasteiger partial charge is 0.543 e. The number of benzene rings is 1. The molecule has 2 aliphatic carbocycles. The van der Waals surface area contributed by atoms with E-state index in [1.807, 2.05) is 0 Å². The molecule has 0 aromatic heterocycles. The van der Waals surface area contributed by atoms with Crippen LogP contribution in [-0.2, 0) is 9.59 Å². The first kappa shape index (κ1) is 13.0. The number of carboxylic acids is 2. The number of carbonyl (C=O) groups is 2. The molecule has 0 fully saturated rings. The normalized spacial score (nSPS) is 9.78. The fourth-order valence-electron chi connectivity index (χ4n) is 1.23. The van der Waals surface area contributed by atoms with Gasteiger partial charge < -0.3 is 19.8 Å². The summed E-state index contributed by atoms with van der Waals surface area (Å²) in [6, 6.07) is 3.00. The lowest BCUT2D eigenvalue weighted by molar-refractivity contribution is -0.426. The Morgan fingerprint density at radius 1 is 0.833 bits per heavy atom. The van der Waals surface area contributed by atoms with Crippen molar-refractivity contribution in [3.05, 3.63) is 42.8 Å². The van der Waals surface area contributed by atoms with Crippen molar-refractivity contribution in [2.24, 2.45) is 0 Å². The highest BCUT2D eigenvalue weighted by molar-refractivity contribution is 6.25. The van der Waals surface area contributed by atoms with Gasteiger partial charge in [0.05, 0.1) is 32.2 Å². The zero-order valence-corrected chi connectivity index (χ0v) is 8.32. The maximum absolute atomic E-state index is 10.3. The van der Waals surface area contributed by atoms with E-state index in [1.54, 1.807) is 0 Å². The van der Waals surface area contributed by atoms with Crippen LogP contribution in [0.25, 0.3) is 0 Å². The molecular formula is C8H2N2O8-2. The van der Waals surface area contributed by atoms with Gasteiger partial charge in [0.15, 0.2) is 0 Å². The number of rotatable bonds is 2. The lowest BCUT2D eigenvalue weighted by atomic mass is 10.0. The first-order valence-corrected chi connectivity index (χ1v) is 4.15. The van der Waals surface area contributed by atoms with Gasteiger partial charge >= 0.3 is 11.4 Å². The smallest absolute Gasteiger partial charge is 0.354 e. The van der Waals surface area contributed by atoms with E-state index in [4.69, 9.17) is 19.8 Å². The van der Waals surface area contributed by atoms with Crippen LogP contribution in [0.4, 0.5) is 11.4 Å². The minimum absolute atomic E-state index is 0.363. The van der Waals surface area contributed by atoms with E-state index in [0.29, 0.717) is 10.4 Å². The molecule has 0 spiro atoms. The highest BCUT2D eigenvalue weighted by Crippen LogP contribution is 2.37. The molecule has 10 nitrogen and oxygen atoms in total. The van der Waals surface area contributed by atoms with Crippen molar-refractivity contribution < 1.29 is 29.6 Å². The van der Waals surface area contributed by atoms with Crippen LogP contribution in [0.1, 0.15) is 0 Å². The van der Waals surface area contributed by atoms with Crippen LogP contribution < -0.4 is 10.2 Å². The van der Waals surface area contributed by atoms with Crippen molar-refractivity contribution >= 4 is 23.3 Å². The predicted molar refractivity (Wildman–Crippen MR) is 47.4 cm³/mol. The molecule has 10 heteroatoms. The number of hydrogen-bond acceptors (Lipinski definition) is 8. The molecule has 0 aromatic carbocycles. The Labute approximate surface area is 96.7 Å². The molecular weight excluding hydrogens is 252 g/mol. The maximum Gasteiger partial charge on any atom is 0.354 e. The highest BCUT2D eigenvalue weighted by Gasteiger charge is 2.35. The lowest BCUT2D eigenvalue weighted by Gasteiger charge is -2.04. The first-order valence-electron chi connectivity index (χ1n) is 4.15. The number of aliphatic carboxylic acids is 2. The number of hydrogen-bond donors (Lipinski definition) is 0. The van der Waals surface area contributed by atoms with Crippen LogP contribution in [0.3, 0.4) is 0 Å². The summed E-state index contributed by atoms with van der Waals surface area (Å²) in [4.78, 5) is 36.9. The van der Waals surface area contributed by atoms with Crippen LogP contribution >= 0.6 is 0 Å². The van der Waals surface area contributed by atoms with Crippen molar-refractivity contribution in [1.29, 1.82) is 0 Å².